The van der Waals surface area contributed by atoms with Gasteiger partial charge in [0.15, 0.2) is 11.5 Å². The monoisotopic (exact) mass is 243 g/mol. The molecule has 0 radical (unpaired) electrons. The highest BCUT2D eigenvalue weighted by molar-refractivity contribution is 5.50. The summed E-state index contributed by atoms with van der Waals surface area (Å²) in [7, 11) is 0. The number of hydrogen-bond acceptors (Lipinski definition) is 4. The summed E-state index contributed by atoms with van der Waals surface area (Å²) in [6.07, 6.45) is -0.539. The Balaban J connectivity index is 1.90. The van der Waals surface area contributed by atoms with E-state index in [4.69, 9.17) is 9.47 Å². The molecule has 1 aliphatic heterocycles. The maximum atomic E-state index is 10.7. The van der Waals surface area contributed by atoms with Crippen LogP contribution >= 0.6 is 0 Å². The number of nitro benzene ring substituents is 1. The van der Waals surface area contributed by atoms with Crippen LogP contribution in [0.3, 0.4) is 0 Å². The van der Waals surface area contributed by atoms with Crippen LogP contribution in [0.1, 0.15) is 11.9 Å². The number of nitro groups is 1. The largest absolute Gasteiger partial charge is 0.447 e. The van der Waals surface area contributed by atoms with E-state index < -0.39 is 11.2 Å². The molecule has 3 rings (SSSR count). The van der Waals surface area contributed by atoms with Crippen molar-refractivity contribution in [1.29, 1.82) is 0 Å². The second-order valence-corrected chi connectivity index (χ2v) is 3.87. The lowest BCUT2D eigenvalue weighted by Gasteiger charge is -2.09. The zero-order chi connectivity index (χ0) is 12.5. The Labute approximate surface area is 103 Å². The molecule has 0 N–H and O–H groups in total. The van der Waals surface area contributed by atoms with Crippen LogP contribution in [0.4, 0.5) is 5.69 Å². The Morgan fingerprint density at radius 1 is 1.00 bits per heavy atom. The van der Waals surface area contributed by atoms with Gasteiger partial charge in [0, 0.05) is 11.6 Å². The molecule has 0 aliphatic carbocycles. The van der Waals surface area contributed by atoms with E-state index in [9.17, 15) is 10.1 Å². The van der Waals surface area contributed by atoms with E-state index in [1.165, 1.54) is 12.1 Å². The smallest absolute Gasteiger partial charge is 0.273 e. The average Bonchev–Trinajstić information content (AvgIpc) is 2.82. The van der Waals surface area contributed by atoms with E-state index in [0.29, 0.717) is 11.5 Å². The zero-order valence-corrected chi connectivity index (χ0v) is 9.28. The topological polar surface area (TPSA) is 61.6 Å². The van der Waals surface area contributed by atoms with E-state index in [-0.39, 0.29) is 5.69 Å². The van der Waals surface area contributed by atoms with Gasteiger partial charge in [-0.15, -0.1) is 0 Å². The Bertz CT molecular complexity index is 597. The average molecular weight is 243 g/mol. The predicted octanol–water partition coefficient (Wildman–Crippen LogP) is 3.06. The van der Waals surface area contributed by atoms with E-state index in [2.05, 4.69) is 0 Å². The summed E-state index contributed by atoms with van der Waals surface area (Å²) in [5, 5.41) is 10.7. The van der Waals surface area contributed by atoms with Crippen molar-refractivity contribution in [2.75, 3.05) is 0 Å². The number of rotatable bonds is 2. The lowest BCUT2D eigenvalue weighted by Crippen LogP contribution is -2.07. The van der Waals surface area contributed by atoms with Gasteiger partial charge in [-0.25, -0.2) is 0 Å². The minimum absolute atomic E-state index is 0.00828. The molecular weight excluding hydrogens is 234 g/mol. The molecule has 18 heavy (non-hydrogen) atoms. The van der Waals surface area contributed by atoms with Gasteiger partial charge in [0.2, 0.25) is 0 Å². The second-order valence-electron chi connectivity index (χ2n) is 3.87. The lowest BCUT2D eigenvalue weighted by atomic mass is 10.2. The number of non-ortho nitro benzene ring substituents is 1. The van der Waals surface area contributed by atoms with Gasteiger partial charge in [0.25, 0.3) is 12.0 Å². The van der Waals surface area contributed by atoms with Crippen LogP contribution in [-0.4, -0.2) is 4.92 Å². The van der Waals surface area contributed by atoms with Crippen molar-refractivity contribution in [3.05, 3.63) is 64.2 Å². The van der Waals surface area contributed by atoms with Gasteiger partial charge in [-0.1, -0.05) is 30.3 Å². The Morgan fingerprint density at radius 2 is 1.72 bits per heavy atom. The Kier molecular flexibility index (Phi) is 2.37. The van der Waals surface area contributed by atoms with Gasteiger partial charge in [-0.2, -0.15) is 0 Å². The molecule has 90 valence electrons. The summed E-state index contributed by atoms with van der Waals surface area (Å²) in [4.78, 5) is 10.2. The molecule has 1 heterocycles. The van der Waals surface area contributed by atoms with Gasteiger partial charge in [-0.05, 0) is 6.07 Å². The summed E-state index contributed by atoms with van der Waals surface area (Å²) in [5.41, 5.74) is 0.863. The SMILES string of the molecule is O=[N+]([O-])c1ccc2c(c1)OC(c1ccccc1)O2. The number of hydrogen-bond donors (Lipinski definition) is 0. The van der Waals surface area contributed by atoms with Crippen molar-refractivity contribution < 1.29 is 14.4 Å². The molecule has 0 spiro atoms. The van der Waals surface area contributed by atoms with Crippen LogP contribution in [0.2, 0.25) is 0 Å². The molecule has 2 aromatic rings. The summed E-state index contributed by atoms with van der Waals surface area (Å²) < 4.78 is 11.1. The van der Waals surface area contributed by atoms with Crippen molar-refractivity contribution in [3.8, 4) is 11.5 Å². The Hall–Kier alpha value is -2.56. The zero-order valence-electron chi connectivity index (χ0n) is 9.28. The molecule has 0 saturated heterocycles. The molecule has 1 aliphatic rings. The van der Waals surface area contributed by atoms with Crippen molar-refractivity contribution >= 4 is 5.69 Å². The first-order valence-electron chi connectivity index (χ1n) is 5.41. The van der Waals surface area contributed by atoms with Crippen molar-refractivity contribution in [3.63, 3.8) is 0 Å². The molecule has 2 aromatic carbocycles. The van der Waals surface area contributed by atoms with Crippen LogP contribution in [0, 0.1) is 10.1 Å². The predicted molar refractivity (Wildman–Crippen MR) is 63.5 cm³/mol. The second kappa shape index (κ2) is 4.03. The fraction of sp³-hybridized carbons (Fsp3) is 0.0769. The molecule has 0 amide bonds. The first-order valence-corrected chi connectivity index (χ1v) is 5.41. The van der Waals surface area contributed by atoms with E-state index in [1.807, 2.05) is 30.3 Å². The van der Waals surface area contributed by atoms with E-state index in [0.717, 1.165) is 5.56 Å². The Morgan fingerprint density at radius 3 is 2.44 bits per heavy atom. The maximum Gasteiger partial charge on any atom is 0.273 e. The van der Waals surface area contributed by atoms with Crippen molar-refractivity contribution in [2.45, 2.75) is 6.29 Å². The first-order chi connectivity index (χ1) is 8.74. The normalized spacial score (nSPS) is 16.6. The minimum Gasteiger partial charge on any atom is -0.447 e. The highest BCUT2D eigenvalue weighted by Crippen LogP contribution is 2.42. The quantitative estimate of drug-likeness (QED) is 0.600. The molecule has 5 heteroatoms. The molecule has 1 atom stereocenters. The molecule has 1 unspecified atom stereocenters. The number of nitrogens with zero attached hydrogens (tertiary/aromatic N) is 1. The lowest BCUT2D eigenvalue weighted by molar-refractivity contribution is -0.384. The third kappa shape index (κ3) is 1.75. The third-order valence-corrected chi connectivity index (χ3v) is 2.68. The van der Waals surface area contributed by atoms with Gasteiger partial charge in [0.1, 0.15) is 0 Å². The molecule has 0 bridgehead atoms. The highest BCUT2D eigenvalue weighted by Gasteiger charge is 2.27. The van der Waals surface area contributed by atoms with Gasteiger partial charge < -0.3 is 9.47 Å². The standard InChI is InChI=1S/C13H9NO4/c15-14(16)10-6-7-11-12(8-10)18-13(17-11)9-4-2-1-3-5-9/h1-8,13H. The van der Waals surface area contributed by atoms with Gasteiger partial charge >= 0.3 is 0 Å². The number of fused-ring (bicyclic) bond motifs is 1. The minimum atomic E-state index is -0.539. The molecule has 0 aromatic heterocycles. The van der Waals surface area contributed by atoms with Crippen LogP contribution < -0.4 is 9.47 Å². The number of benzene rings is 2. The van der Waals surface area contributed by atoms with Crippen LogP contribution in [0.15, 0.2) is 48.5 Å². The summed E-state index contributed by atoms with van der Waals surface area (Å²) >= 11 is 0. The van der Waals surface area contributed by atoms with Gasteiger partial charge in [0.05, 0.1) is 11.0 Å². The highest BCUT2D eigenvalue weighted by atomic mass is 16.7. The third-order valence-electron chi connectivity index (χ3n) is 2.68. The summed E-state index contributed by atoms with van der Waals surface area (Å²) in [6, 6.07) is 13.7. The summed E-state index contributed by atoms with van der Waals surface area (Å²) in [6.45, 7) is 0. The fourth-order valence-corrected chi connectivity index (χ4v) is 1.80. The fourth-order valence-electron chi connectivity index (χ4n) is 1.80. The van der Waals surface area contributed by atoms with E-state index in [1.54, 1.807) is 6.07 Å². The molecule has 0 fully saturated rings. The van der Waals surface area contributed by atoms with Crippen molar-refractivity contribution in [1.82, 2.24) is 0 Å². The van der Waals surface area contributed by atoms with Crippen LogP contribution in [-0.2, 0) is 0 Å². The van der Waals surface area contributed by atoms with Gasteiger partial charge in [-0.3, -0.25) is 10.1 Å². The van der Waals surface area contributed by atoms with E-state index >= 15 is 0 Å². The molecular formula is C13H9NO4. The van der Waals surface area contributed by atoms with Crippen LogP contribution in [0.5, 0.6) is 11.5 Å². The first kappa shape index (κ1) is 10.6. The van der Waals surface area contributed by atoms with Crippen molar-refractivity contribution in [2.24, 2.45) is 0 Å². The maximum absolute atomic E-state index is 10.7. The number of ether oxygens (including phenoxy) is 2. The summed E-state index contributed by atoms with van der Waals surface area (Å²) in [5.74, 6) is 0.924. The molecule has 0 saturated carbocycles. The van der Waals surface area contributed by atoms with Crippen LogP contribution in [0.25, 0.3) is 0 Å². The molecule has 5 nitrogen and oxygen atoms in total.